The number of hydrogen-bond acceptors (Lipinski definition) is 5. The summed E-state index contributed by atoms with van der Waals surface area (Å²) in [4.78, 5) is 20.8. The second-order valence-corrected chi connectivity index (χ2v) is 6.45. The average molecular weight is 394 g/mol. The quantitative estimate of drug-likeness (QED) is 0.599. The number of nitrogens with one attached hydrogen (secondary N) is 1. The van der Waals surface area contributed by atoms with Crippen LogP contribution in [0, 0.1) is 5.82 Å². The molecule has 0 unspecified atom stereocenters. The zero-order valence-electron chi connectivity index (χ0n) is 16.4. The van der Waals surface area contributed by atoms with Crippen LogP contribution in [0.2, 0.25) is 0 Å². The van der Waals surface area contributed by atoms with E-state index in [0.717, 1.165) is 22.4 Å². The summed E-state index contributed by atoms with van der Waals surface area (Å²) >= 11 is 0. The average Bonchev–Trinajstić information content (AvgIpc) is 2.73. The van der Waals surface area contributed by atoms with Gasteiger partial charge in [0.25, 0.3) is 5.91 Å². The SMILES string of the molecule is CCc1nccc(-c2ccc(C(=O)NCCOC)c(F)c2)c1-c1ccc(N)nc1. The molecular formula is C22H23FN4O2. The maximum atomic E-state index is 14.7. The number of nitrogens with zero attached hydrogens (tertiary/aromatic N) is 2. The van der Waals surface area contributed by atoms with Gasteiger partial charge in [0.15, 0.2) is 0 Å². The summed E-state index contributed by atoms with van der Waals surface area (Å²) in [5.41, 5.74) is 9.76. The fraction of sp³-hybridized carbons (Fsp3) is 0.227. The highest BCUT2D eigenvalue weighted by Crippen LogP contribution is 2.35. The molecule has 0 atom stereocenters. The Morgan fingerprint density at radius 1 is 1.17 bits per heavy atom. The number of aromatic nitrogens is 2. The van der Waals surface area contributed by atoms with Gasteiger partial charge in [-0.3, -0.25) is 9.78 Å². The number of pyridine rings is 2. The van der Waals surface area contributed by atoms with Crippen LogP contribution >= 0.6 is 0 Å². The first-order valence-corrected chi connectivity index (χ1v) is 9.32. The Morgan fingerprint density at radius 2 is 1.97 bits per heavy atom. The fourth-order valence-electron chi connectivity index (χ4n) is 3.12. The monoisotopic (exact) mass is 394 g/mol. The van der Waals surface area contributed by atoms with E-state index in [2.05, 4.69) is 15.3 Å². The smallest absolute Gasteiger partial charge is 0.254 e. The lowest BCUT2D eigenvalue weighted by Crippen LogP contribution is -2.27. The second-order valence-electron chi connectivity index (χ2n) is 6.45. The lowest BCUT2D eigenvalue weighted by molar-refractivity contribution is 0.0933. The molecule has 0 aliphatic carbocycles. The predicted octanol–water partition coefficient (Wildman–Crippen LogP) is 3.47. The Labute approximate surface area is 169 Å². The van der Waals surface area contributed by atoms with Gasteiger partial charge in [0.05, 0.1) is 12.2 Å². The van der Waals surface area contributed by atoms with Crippen molar-refractivity contribution in [3.8, 4) is 22.3 Å². The van der Waals surface area contributed by atoms with E-state index in [1.807, 2.05) is 19.1 Å². The molecule has 29 heavy (non-hydrogen) atoms. The molecule has 0 spiro atoms. The summed E-state index contributed by atoms with van der Waals surface area (Å²) in [5, 5.41) is 2.63. The number of benzene rings is 1. The molecule has 2 heterocycles. The van der Waals surface area contributed by atoms with E-state index in [1.54, 1.807) is 24.5 Å². The van der Waals surface area contributed by atoms with Crippen LogP contribution in [0.15, 0.2) is 48.8 Å². The van der Waals surface area contributed by atoms with E-state index >= 15 is 0 Å². The topological polar surface area (TPSA) is 90.1 Å². The van der Waals surface area contributed by atoms with E-state index in [1.165, 1.54) is 19.2 Å². The lowest BCUT2D eigenvalue weighted by atomic mass is 9.93. The third kappa shape index (κ3) is 4.57. The van der Waals surface area contributed by atoms with Gasteiger partial charge in [-0.2, -0.15) is 0 Å². The first-order chi connectivity index (χ1) is 14.0. The summed E-state index contributed by atoms with van der Waals surface area (Å²) in [5.74, 6) is -0.640. The molecule has 2 aromatic heterocycles. The largest absolute Gasteiger partial charge is 0.384 e. The number of nitrogens with two attached hydrogens (primary N) is 1. The first kappa shape index (κ1) is 20.4. The van der Waals surface area contributed by atoms with Crippen molar-refractivity contribution in [3.63, 3.8) is 0 Å². The first-order valence-electron chi connectivity index (χ1n) is 9.32. The van der Waals surface area contributed by atoms with Gasteiger partial charge in [-0.05, 0) is 47.9 Å². The van der Waals surface area contributed by atoms with Crippen LogP contribution in [0.5, 0.6) is 0 Å². The lowest BCUT2D eigenvalue weighted by Gasteiger charge is -2.15. The minimum Gasteiger partial charge on any atom is -0.384 e. The zero-order valence-corrected chi connectivity index (χ0v) is 16.4. The van der Waals surface area contributed by atoms with Gasteiger partial charge >= 0.3 is 0 Å². The predicted molar refractivity (Wildman–Crippen MR) is 111 cm³/mol. The van der Waals surface area contributed by atoms with E-state index in [-0.39, 0.29) is 5.56 Å². The molecule has 3 N–H and O–H groups in total. The minimum absolute atomic E-state index is 0.00896. The molecule has 7 heteroatoms. The van der Waals surface area contributed by atoms with Crippen molar-refractivity contribution in [1.82, 2.24) is 15.3 Å². The molecule has 3 rings (SSSR count). The normalized spacial score (nSPS) is 10.7. The number of aryl methyl sites for hydroxylation is 1. The molecule has 6 nitrogen and oxygen atoms in total. The zero-order chi connectivity index (χ0) is 20.8. The van der Waals surface area contributed by atoms with Gasteiger partial charge in [0.2, 0.25) is 0 Å². The molecule has 0 bridgehead atoms. The number of anilines is 1. The summed E-state index contributed by atoms with van der Waals surface area (Å²) < 4.78 is 19.6. The van der Waals surface area contributed by atoms with E-state index in [4.69, 9.17) is 10.5 Å². The second kappa shape index (κ2) is 9.25. The Morgan fingerprint density at radius 3 is 2.62 bits per heavy atom. The molecule has 0 aliphatic heterocycles. The van der Waals surface area contributed by atoms with Crippen molar-refractivity contribution in [3.05, 3.63) is 65.9 Å². The molecule has 150 valence electrons. The van der Waals surface area contributed by atoms with Crippen molar-refractivity contribution in [1.29, 1.82) is 0 Å². The molecule has 1 aromatic carbocycles. The number of hydrogen-bond donors (Lipinski definition) is 2. The molecule has 0 radical (unpaired) electrons. The maximum Gasteiger partial charge on any atom is 0.254 e. The van der Waals surface area contributed by atoms with Gasteiger partial charge in [0.1, 0.15) is 11.6 Å². The highest BCUT2D eigenvalue weighted by molar-refractivity contribution is 5.95. The van der Waals surface area contributed by atoms with Crippen LogP contribution in [-0.2, 0) is 11.2 Å². The molecule has 1 amide bonds. The number of methoxy groups -OCH3 is 1. The van der Waals surface area contributed by atoms with E-state index in [0.29, 0.717) is 31.0 Å². The summed E-state index contributed by atoms with van der Waals surface area (Å²) in [7, 11) is 1.54. The van der Waals surface area contributed by atoms with Gasteiger partial charge in [-0.1, -0.05) is 13.0 Å². The number of ether oxygens (including phenoxy) is 1. The number of carbonyl (C=O) groups excluding carboxylic acids is 1. The van der Waals surface area contributed by atoms with Gasteiger partial charge < -0.3 is 15.8 Å². The summed E-state index contributed by atoms with van der Waals surface area (Å²) in [6, 6.07) is 10.0. The highest BCUT2D eigenvalue weighted by Gasteiger charge is 2.17. The molecule has 0 aliphatic rings. The Kier molecular flexibility index (Phi) is 6.51. The van der Waals surface area contributed by atoms with Crippen LogP contribution in [0.4, 0.5) is 10.2 Å². The summed E-state index contributed by atoms with van der Waals surface area (Å²) in [6.45, 7) is 2.69. The Balaban J connectivity index is 2.02. The molecular weight excluding hydrogens is 371 g/mol. The van der Waals surface area contributed by atoms with Crippen molar-refractivity contribution >= 4 is 11.7 Å². The highest BCUT2D eigenvalue weighted by atomic mass is 19.1. The minimum atomic E-state index is -0.589. The van der Waals surface area contributed by atoms with Crippen LogP contribution in [-0.4, -0.2) is 36.1 Å². The number of amides is 1. The third-order valence-electron chi connectivity index (χ3n) is 4.56. The number of nitrogen functional groups attached to an aromatic ring is 1. The molecule has 0 saturated heterocycles. The number of carbonyl (C=O) groups is 1. The van der Waals surface area contributed by atoms with Gasteiger partial charge in [-0.25, -0.2) is 9.37 Å². The standard InChI is InChI=1S/C22H23FN4O2/c1-3-19-21(15-5-7-20(24)27-13-15)16(8-9-25-19)14-4-6-17(18(23)12-14)22(28)26-10-11-29-2/h4-9,12-13H,3,10-11H2,1-2H3,(H2,24,27)(H,26,28). The van der Waals surface area contributed by atoms with Crippen molar-refractivity contribution < 1.29 is 13.9 Å². The van der Waals surface area contributed by atoms with Crippen molar-refractivity contribution in [2.45, 2.75) is 13.3 Å². The van der Waals surface area contributed by atoms with Crippen LogP contribution in [0.3, 0.4) is 0 Å². The third-order valence-corrected chi connectivity index (χ3v) is 4.56. The Bertz CT molecular complexity index is 1010. The van der Waals surface area contributed by atoms with Crippen molar-refractivity contribution in [2.24, 2.45) is 0 Å². The van der Waals surface area contributed by atoms with Crippen molar-refractivity contribution in [2.75, 3.05) is 26.0 Å². The molecule has 0 saturated carbocycles. The number of rotatable bonds is 7. The van der Waals surface area contributed by atoms with Crippen LogP contribution in [0.1, 0.15) is 23.0 Å². The van der Waals surface area contributed by atoms with Crippen LogP contribution in [0.25, 0.3) is 22.3 Å². The maximum absolute atomic E-state index is 14.7. The van der Waals surface area contributed by atoms with Crippen LogP contribution < -0.4 is 11.1 Å². The number of halogens is 1. The van der Waals surface area contributed by atoms with Gasteiger partial charge in [-0.15, -0.1) is 0 Å². The van der Waals surface area contributed by atoms with E-state index < -0.39 is 11.7 Å². The molecule has 0 fully saturated rings. The molecule has 3 aromatic rings. The summed E-state index contributed by atoms with van der Waals surface area (Å²) in [6.07, 6.45) is 4.09. The Hall–Kier alpha value is -3.32. The van der Waals surface area contributed by atoms with E-state index in [9.17, 15) is 9.18 Å². The fourth-order valence-corrected chi connectivity index (χ4v) is 3.12. The van der Waals surface area contributed by atoms with Gasteiger partial charge in [0, 0.05) is 42.9 Å².